The van der Waals surface area contributed by atoms with Crippen LogP contribution in [0.3, 0.4) is 0 Å². The van der Waals surface area contributed by atoms with E-state index in [4.69, 9.17) is 9.47 Å². The number of Topliss-reactive ketones (excluding diaryl/α,β-unsaturated/α-hetero) is 1. The standard InChI is InChI=1S/C28H35NO5S/c1-5-24-8-6-23-16-22(19(2)3)7-10-27(23)29(24)35(31,32)25-9-11-28(26(17-25)20(4)30)34-18-21-12-14-33-15-13-21/h7,9-11,16-17,21,24H,2,5-6,8,12-15,18H2,1,3-4H3/t24-/m0/s1. The van der Waals surface area contributed by atoms with Gasteiger partial charge in [-0.15, -0.1) is 0 Å². The molecule has 0 unspecified atom stereocenters. The lowest BCUT2D eigenvalue weighted by Gasteiger charge is -2.37. The number of hydrogen-bond acceptors (Lipinski definition) is 5. The number of hydrogen-bond donors (Lipinski definition) is 0. The molecule has 0 spiro atoms. The number of anilines is 1. The van der Waals surface area contributed by atoms with Crippen molar-refractivity contribution >= 4 is 27.1 Å². The van der Waals surface area contributed by atoms with E-state index in [0.717, 1.165) is 42.4 Å². The number of aryl methyl sites for hydroxylation is 1. The molecule has 1 atom stereocenters. The van der Waals surface area contributed by atoms with Crippen molar-refractivity contribution in [3.05, 3.63) is 59.7 Å². The van der Waals surface area contributed by atoms with Gasteiger partial charge in [-0.1, -0.05) is 25.1 Å². The number of carbonyl (C=O) groups excluding carboxylic acids is 1. The van der Waals surface area contributed by atoms with E-state index in [1.807, 2.05) is 32.0 Å². The largest absolute Gasteiger partial charge is 0.493 e. The highest BCUT2D eigenvalue weighted by Gasteiger charge is 2.36. The minimum atomic E-state index is -3.89. The van der Waals surface area contributed by atoms with E-state index in [-0.39, 0.29) is 16.7 Å². The molecule has 4 rings (SSSR count). The zero-order chi connectivity index (χ0) is 25.2. The number of allylic oxidation sites excluding steroid dienone is 1. The van der Waals surface area contributed by atoms with Crippen LogP contribution in [-0.4, -0.2) is 40.1 Å². The van der Waals surface area contributed by atoms with Crippen molar-refractivity contribution in [1.29, 1.82) is 0 Å². The summed E-state index contributed by atoms with van der Waals surface area (Å²) in [6.45, 7) is 11.3. The van der Waals surface area contributed by atoms with Crippen LogP contribution in [0.5, 0.6) is 5.75 Å². The van der Waals surface area contributed by atoms with Gasteiger partial charge in [-0.25, -0.2) is 8.42 Å². The third-order valence-corrected chi connectivity index (χ3v) is 8.92. The van der Waals surface area contributed by atoms with Crippen LogP contribution >= 0.6 is 0 Å². The van der Waals surface area contributed by atoms with Crippen molar-refractivity contribution < 1.29 is 22.7 Å². The summed E-state index contributed by atoms with van der Waals surface area (Å²) < 4.78 is 40.9. The maximum absolute atomic E-state index is 14.0. The van der Waals surface area contributed by atoms with E-state index >= 15 is 0 Å². The normalized spacial score (nSPS) is 18.7. The number of nitrogens with zero attached hydrogens (tertiary/aromatic N) is 1. The van der Waals surface area contributed by atoms with Gasteiger partial charge in [0.1, 0.15) is 5.75 Å². The highest BCUT2D eigenvalue weighted by Crippen LogP contribution is 2.38. The molecule has 1 fully saturated rings. The lowest BCUT2D eigenvalue weighted by molar-refractivity contribution is 0.0495. The SMILES string of the molecule is C=C(C)c1ccc2c(c1)CC[C@H](CC)N2S(=O)(=O)c1ccc(OCC2CCOCC2)c(C(C)=O)c1. The van der Waals surface area contributed by atoms with Gasteiger partial charge in [-0.05, 0) is 93.3 Å². The molecular weight excluding hydrogens is 462 g/mol. The maximum atomic E-state index is 14.0. The number of fused-ring (bicyclic) bond motifs is 1. The van der Waals surface area contributed by atoms with Crippen LogP contribution in [0, 0.1) is 5.92 Å². The first-order chi connectivity index (χ1) is 16.7. The van der Waals surface area contributed by atoms with E-state index in [9.17, 15) is 13.2 Å². The zero-order valence-corrected chi connectivity index (χ0v) is 21.7. The Balaban J connectivity index is 1.68. The summed E-state index contributed by atoms with van der Waals surface area (Å²) >= 11 is 0. The van der Waals surface area contributed by atoms with Crippen molar-refractivity contribution in [1.82, 2.24) is 0 Å². The lowest BCUT2D eigenvalue weighted by atomic mass is 9.94. The molecule has 2 heterocycles. The molecular formula is C28H35NO5S. The molecule has 6 nitrogen and oxygen atoms in total. The Labute approximate surface area is 209 Å². The molecule has 0 aliphatic carbocycles. The summed E-state index contributed by atoms with van der Waals surface area (Å²) in [5.41, 5.74) is 3.96. The topological polar surface area (TPSA) is 72.9 Å². The Hall–Kier alpha value is -2.64. The Morgan fingerprint density at radius 2 is 1.86 bits per heavy atom. The van der Waals surface area contributed by atoms with Gasteiger partial charge in [-0.2, -0.15) is 0 Å². The van der Waals surface area contributed by atoms with Crippen molar-refractivity contribution in [3.63, 3.8) is 0 Å². The quantitative estimate of drug-likeness (QED) is 0.441. The summed E-state index contributed by atoms with van der Waals surface area (Å²) in [6.07, 6.45) is 4.10. The summed E-state index contributed by atoms with van der Waals surface area (Å²) in [5, 5.41) is 0. The van der Waals surface area contributed by atoms with Crippen LogP contribution in [-0.2, 0) is 21.2 Å². The number of carbonyl (C=O) groups is 1. The number of ketones is 1. The van der Waals surface area contributed by atoms with Crippen LogP contribution in [0.4, 0.5) is 5.69 Å². The first-order valence-corrected chi connectivity index (χ1v) is 13.8. The molecule has 0 aromatic heterocycles. The molecule has 35 heavy (non-hydrogen) atoms. The first kappa shape index (κ1) is 25.5. The van der Waals surface area contributed by atoms with Crippen molar-refractivity contribution in [3.8, 4) is 5.75 Å². The third-order valence-electron chi connectivity index (χ3n) is 7.06. The van der Waals surface area contributed by atoms with E-state index in [0.29, 0.717) is 49.2 Å². The van der Waals surface area contributed by atoms with E-state index in [1.54, 1.807) is 16.4 Å². The summed E-state index contributed by atoms with van der Waals surface area (Å²) in [4.78, 5) is 12.6. The molecule has 0 radical (unpaired) electrons. The molecule has 7 heteroatoms. The second kappa shape index (κ2) is 10.5. The fourth-order valence-corrected chi connectivity index (χ4v) is 6.72. The average molecular weight is 498 g/mol. The van der Waals surface area contributed by atoms with Gasteiger partial charge in [0, 0.05) is 19.3 Å². The smallest absolute Gasteiger partial charge is 0.264 e. The van der Waals surface area contributed by atoms with Crippen LogP contribution in [0.15, 0.2) is 47.9 Å². The predicted octanol–water partition coefficient (Wildman–Crippen LogP) is 5.65. The molecule has 2 aromatic carbocycles. The Kier molecular flexibility index (Phi) is 7.67. The Morgan fingerprint density at radius 3 is 2.51 bits per heavy atom. The molecule has 0 saturated carbocycles. The predicted molar refractivity (Wildman–Crippen MR) is 139 cm³/mol. The molecule has 1 saturated heterocycles. The molecule has 2 aliphatic heterocycles. The molecule has 0 amide bonds. The molecule has 2 aromatic rings. The number of ether oxygens (including phenoxy) is 2. The van der Waals surface area contributed by atoms with Gasteiger partial charge in [0.25, 0.3) is 10.0 Å². The summed E-state index contributed by atoms with van der Waals surface area (Å²) in [6, 6.07) is 10.4. The van der Waals surface area contributed by atoms with Crippen LogP contribution in [0.1, 0.15) is 67.9 Å². The zero-order valence-electron chi connectivity index (χ0n) is 20.9. The number of rotatable bonds is 8. The van der Waals surface area contributed by atoms with Gasteiger partial charge in [0.05, 0.1) is 22.8 Å². The van der Waals surface area contributed by atoms with Gasteiger partial charge < -0.3 is 9.47 Å². The molecule has 188 valence electrons. The minimum Gasteiger partial charge on any atom is -0.493 e. The van der Waals surface area contributed by atoms with Gasteiger partial charge in [-0.3, -0.25) is 9.10 Å². The second-order valence-electron chi connectivity index (χ2n) is 9.61. The van der Waals surface area contributed by atoms with Crippen molar-refractivity contribution in [2.24, 2.45) is 5.92 Å². The molecule has 0 bridgehead atoms. The van der Waals surface area contributed by atoms with E-state index in [1.165, 1.54) is 13.0 Å². The monoisotopic (exact) mass is 497 g/mol. The second-order valence-corrected chi connectivity index (χ2v) is 11.4. The van der Waals surface area contributed by atoms with Crippen LogP contribution in [0.2, 0.25) is 0 Å². The Bertz CT molecular complexity index is 1210. The number of sulfonamides is 1. The average Bonchev–Trinajstić information content (AvgIpc) is 2.86. The van der Waals surface area contributed by atoms with E-state index in [2.05, 4.69) is 6.58 Å². The first-order valence-electron chi connectivity index (χ1n) is 12.4. The summed E-state index contributed by atoms with van der Waals surface area (Å²) in [5.74, 6) is 0.576. The lowest BCUT2D eigenvalue weighted by Crippen LogP contribution is -2.43. The van der Waals surface area contributed by atoms with Crippen molar-refractivity contribution in [2.75, 3.05) is 24.1 Å². The maximum Gasteiger partial charge on any atom is 0.264 e. The highest BCUT2D eigenvalue weighted by atomic mass is 32.2. The van der Waals surface area contributed by atoms with Gasteiger partial charge in [0.2, 0.25) is 0 Å². The molecule has 2 aliphatic rings. The molecule has 0 N–H and O–H groups in total. The van der Waals surface area contributed by atoms with E-state index < -0.39 is 10.0 Å². The van der Waals surface area contributed by atoms with Crippen LogP contribution < -0.4 is 9.04 Å². The fraction of sp³-hybridized carbons (Fsp3) is 0.464. The fourth-order valence-electron chi connectivity index (χ4n) is 4.90. The third kappa shape index (κ3) is 5.31. The van der Waals surface area contributed by atoms with Crippen molar-refractivity contribution in [2.45, 2.75) is 63.8 Å². The highest BCUT2D eigenvalue weighted by molar-refractivity contribution is 7.92. The number of benzene rings is 2. The van der Waals surface area contributed by atoms with Gasteiger partial charge in [0.15, 0.2) is 5.78 Å². The summed E-state index contributed by atoms with van der Waals surface area (Å²) in [7, 11) is -3.89. The Morgan fingerprint density at radius 1 is 1.11 bits per heavy atom. The van der Waals surface area contributed by atoms with Gasteiger partial charge >= 0.3 is 0 Å². The van der Waals surface area contributed by atoms with Crippen LogP contribution in [0.25, 0.3) is 5.57 Å². The minimum absolute atomic E-state index is 0.108.